The first-order valence-corrected chi connectivity index (χ1v) is 10.7. The van der Waals surface area contributed by atoms with Gasteiger partial charge in [0.2, 0.25) is 5.91 Å². The monoisotopic (exact) mass is 430 g/mol. The third-order valence-corrected chi connectivity index (χ3v) is 6.00. The molecule has 3 aromatic rings. The smallest absolute Gasteiger partial charge is 0.243 e. The van der Waals surface area contributed by atoms with Crippen LogP contribution in [0.25, 0.3) is 10.7 Å². The lowest BCUT2D eigenvalue weighted by Gasteiger charge is -2.20. The Kier molecular flexibility index (Phi) is 5.68. The Morgan fingerprint density at radius 1 is 1.28 bits per heavy atom. The number of thiophene rings is 1. The Balaban J connectivity index is 1.52. The summed E-state index contributed by atoms with van der Waals surface area (Å²) < 4.78 is 13.6. The average Bonchev–Trinajstić information content (AvgIpc) is 3.31. The lowest BCUT2D eigenvalue weighted by atomic mass is 10.1. The molecule has 7 nitrogen and oxygen atoms in total. The van der Waals surface area contributed by atoms with Crippen LogP contribution in [0, 0.1) is 4.77 Å². The summed E-state index contributed by atoms with van der Waals surface area (Å²) in [5.41, 5.74) is 0.948. The molecular formula is C20H22N4O3S2. The molecule has 0 saturated carbocycles. The summed E-state index contributed by atoms with van der Waals surface area (Å²) in [6, 6.07) is 8.95. The van der Waals surface area contributed by atoms with Crippen molar-refractivity contribution in [3.8, 4) is 22.2 Å². The second-order valence-electron chi connectivity index (χ2n) is 6.86. The fourth-order valence-corrected chi connectivity index (χ4v) is 4.23. The molecule has 0 spiro atoms. The highest BCUT2D eigenvalue weighted by Crippen LogP contribution is 2.32. The van der Waals surface area contributed by atoms with Crippen LogP contribution in [0.1, 0.15) is 37.9 Å². The van der Waals surface area contributed by atoms with Crippen LogP contribution in [-0.2, 0) is 4.79 Å². The minimum Gasteiger partial charge on any atom is -0.490 e. The molecule has 1 aliphatic heterocycles. The third kappa shape index (κ3) is 4.06. The molecule has 0 radical (unpaired) electrons. The van der Waals surface area contributed by atoms with E-state index in [1.807, 2.05) is 49.6 Å². The first-order chi connectivity index (χ1) is 14.0. The molecule has 152 valence electrons. The maximum Gasteiger partial charge on any atom is 0.243 e. The summed E-state index contributed by atoms with van der Waals surface area (Å²) in [5, 5.41) is 12.1. The predicted octanol–water partition coefficient (Wildman–Crippen LogP) is 4.27. The number of amides is 1. The number of aromatic amines is 1. The van der Waals surface area contributed by atoms with Gasteiger partial charge in [0.25, 0.3) is 0 Å². The molecule has 1 aromatic carbocycles. The van der Waals surface area contributed by atoms with Crippen LogP contribution in [0.15, 0.2) is 35.7 Å². The summed E-state index contributed by atoms with van der Waals surface area (Å²) in [4.78, 5) is 13.9. The number of carbonyl (C=O) groups excluding carboxylic acids is 1. The summed E-state index contributed by atoms with van der Waals surface area (Å²) in [6.45, 7) is 5.03. The van der Waals surface area contributed by atoms with E-state index in [2.05, 4.69) is 15.5 Å². The largest absolute Gasteiger partial charge is 0.490 e. The number of carbonyl (C=O) groups is 1. The van der Waals surface area contributed by atoms with E-state index in [0.29, 0.717) is 29.6 Å². The van der Waals surface area contributed by atoms with Crippen molar-refractivity contribution >= 4 is 29.5 Å². The van der Waals surface area contributed by atoms with Crippen LogP contribution < -0.4 is 14.8 Å². The van der Waals surface area contributed by atoms with E-state index < -0.39 is 6.04 Å². The molecule has 1 amide bonds. The average molecular weight is 431 g/mol. The number of hydrogen-bond donors (Lipinski definition) is 2. The lowest BCUT2D eigenvalue weighted by Crippen LogP contribution is -2.33. The van der Waals surface area contributed by atoms with E-state index in [4.69, 9.17) is 21.7 Å². The molecule has 0 saturated heterocycles. The summed E-state index contributed by atoms with van der Waals surface area (Å²) in [7, 11) is 0. The number of hydrogen-bond acceptors (Lipinski definition) is 6. The Hall–Kier alpha value is -2.65. The van der Waals surface area contributed by atoms with Crippen molar-refractivity contribution in [1.82, 2.24) is 20.1 Å². The highest BCUT2D eigenvalue weighted by Gasteiger charge is 2.23. The van der Waals surface area contributed by atoms with Crippen LogP contribution >= 0.6 is 23.6 Å². The third-order valence-electron chi connectivity index (χ3n) is 4.84. The SMILES string of the molecule is CC(NC(=O)C(C)n1c(-c2cccs2)n[nH]c1=S)c1ccc2c(c1)OCCCO2. The molecule has 1 aliphatic rings. The molecule has 29 heavy (non-hydrogen) atoms. The van der Waals surface area contributed by atoms with E-state index in [0.717, 1.165) is 22.6 Å². The quantitative estimate of drug-likeness (QED) is 0.591. The normalized spacial score (nSPS) is 15.4. The van der Waals surface area contributed by atoms with Crippen molar-refractivity contribution in [2.24, 2.45) is 0 Å². The van der Waals surface area contributed by atoms with Crippen molar-refractivity contribution in [3.63, 3.8) is 0 Å². The van der Waals surface area contributed by atoms with Crippen molar-refractivity contribution in [3.05, 3.63) is 46.0 Å². The van der Waals surface area contributed by atoms with Gasteiger partial charge in [-0.15, -0.1) is 11.3 Å². The highest BCUT2D eigenvalue weighted by atomic mass is 32.1. The Morgan fingerprint density at radius 2 is 2.07 bits per heavy atom. The van der Waals surface area contributed by atoms with Crippen molar-refractivity contribution in [2.45, 2.75) is 32.4 Å². The minimum absolute atomic E-state index is 0.139. The minimum atomic E-state index is -0.513. The molecule has 0 fully saturated rings. The topological polar surface area (TPSA) is 81.2 Å². The zero-order chi connectivity index (χ0) is 20.4. The van der Waals surface area contributed by atoms with Gasteiger partial charge in [0, 0.05) is 6.42 Å². The van der Waals surface area contributed by atoms with Gasteiger partial charge >= 0.3 is 0 Å². The molecule has 0 aliphatic carbocycles. The summed E-state index contributed by atoms with van der Waals surface area (Å²) in [5.74, 6) is 1.98. The van der Waals surface area contributed by atoms with E-state index in [-0.39, 0.29) is 11.9 Å². The van der Waals surface area contributed by atoms with Gasteiger partial charge in [-0.2, -0.15) is 5.10 Å². The van der Waals surface area contributed by atoms with Gasteiger partial charge in [-0.3, -0.25) is 14.5 Å². The van der Waals surface area contributed by atoms with Crippen LogP contribution in [0.3, 0.4) is 0 Å². The maximum atomic E-state index is 13.0. The first-order valence-electron chi connectivity index (χ1n) is 9.45. The number of aromatic nitrogens is 3. The van der Waals surface area contributed by atoms with Crippen molar-refractivity contribution in [2.75, 3.05) is 13.2 Å². The Bertz CT molecular complexity index is 1060. The number of ether oxygens (including phenoxy) is 2. The van der Waals surface area contributed by atoms with Gasteiger partial charge in [0.15, 0.2) is 22.1 Å². The Morgan fingerprint density at radius 3 is 2.83 bits per heavy atom. The second kappa shape index (κ2) is 8.38. The Labute approximate surface area is 177 Å². The molecule has 2 aromatic heterocycles. The summed E-state index contributed by atoms with van der Waals surface area (Å²) in [6.07, 6.45) is 0.853. The number of nitrogens with zero attached hydrogens (tertiary/aromatic N) is 2. The van der Waals surface area contributed by atoms with Crippen molar-refractivity contribution < 1.29 is 14.3 Å². The lowest BCUT2D eigenvalue weighted by molar-refractivity contribution is -0.124. The van der Waals surface area contributed by atoms with E-state index in [1.165, 1.54) is 0 Å². The van der Waals surface area contributed by atoms with Gasteiger partial charge in [-0.25, -0.2) is 0 Å². The van der Waals surface area contributed by atoms with Gasteiger partial charge < -0.3 is 14.8 Å². The van der Waals surface area contributed by atoms with Crippen molar-refractivity contribution in [1.29, 1.82) is 0 Å². The molecule has 2 N–H and O–H groups in total. The molecule has 2 unspecified atom stereocenters. The van der Waals surface area contributed by atoms with Gasteiger partial charge in [-0.05, 0) is 55.2 Å². The van der Waals surface area contributed by atoms with Gasteiger partial charge in [0.05, 0.1) is 24.1 Å². The van der Waals surface area contributed by atoms with Crippen LogP contribution in [0.2, 0.25) is 0 Å². The summed E-state index contributed by atoms with van der Waals surface area (Å²) >= 11 is 6.92. The number of benzene rings is 1. The number of nitrogens with one attached hydrogen (secondary N) is 2. The fourth-order valence-electron chi connectivity index (χ4n) is 3.23. The van der Waals surface area contributed by atoms with Crippen LogP contribution in [-0.4, -0.2) is 33.9 Å². The molecule has 9 heteroatoms. The van der Waals surface area contributed by atoms with Crippen LogP contribution in [0.5, 0.6) is 11.5 Å². The van der Waals surface area contributed by atoms with E-state index in [1.54, 1.807) is 15.9 Å². The molecular weight excluding hydrogens is 408 g/mol. The second-order valence-corrected chi connectivity index (χ2v) is 8.20. The molecule has 0 bridgehead atoms. The molecule has 2 atom stereocenters. The molecule has 3 heterocycles. The maximum absolute atomic E-state index is 13.0. The fraction of sp³-hybridized carbons (Fsp3) is 0.350. The first kappa shape index (κ1) is 19.7. The zero-order valence-electron chi connectivity index (χ0n) is 16.2. The van der Waals surface area contributed by atoms with E-state index >= 15 is 0 Å². The highest BCUT2D eigenvalue weighted by molar-refractivity contribution is 7.71. The van der Waals surface area contributed by atoms with Gasteiger partial charge in [-0.1, -0.05) is 12.1 Å². The predicted molar refractivity (Wildman–Crippen MR) is 114 cm³/mol. The van der Waals surface area contributed by atoms with E-state index in [9.17, 15) is 4.79 Å². The molecule has 4 rings (SSSR count). The van der Waals surface area contributed by atoms with Crippen LogP contribution in [0.4, 0.5) is 0 Å². The number of rotatable bonds is 5. The van der Waals surface area contributed by atoms with Gasteiger partial charge in [0.1, 0.15) is 6.04 Å². The number of fused-ring (bicyclic) bond motifs is 1. The standard InChI is InChI=1S/C20H22N4O3S2/c1-12(14-6-7-15-16(11-14)27-9-4-8-26-15)21-19(25)13(2)24-18(22-23-20(24)28)17-5-3-10-29-17/h3,5-7,10-13H,4,8-9H2,1-2H3,(H,21,25)(H,23,28). The number of H-pyrrole nitrogens is 1. The zero-order valence-corrected chi connectivity index (χ0v) is 17.8.